The van der Waals surface area contributed by atoms with E-state index in [2.05, 4.69) is 20.7 Å². The van der Waals surface area contributed by atoms with Gasteiger partial charge in [-0.25, -0.2) is 8.42 Å². The first-order valence-electron chi connectivity index (χ1n) is 6.96. The predicted octanol–water partition coefficient (Wildman–Crippen LogP) is 3.38. The molecule has 8 nitrogen and oxygen atoms in total. The molecular weight excluding hydrogens is 452 g/mol. The summed E-state index contributed by atoms with van der Waals surface area (Å²) in [5.41, 5.74) is -0.631. The van der Waals surface area contributed by atoms with Crippen LogP contribution in [0.5, 0.6) is 0 Å². The van der Waals surface area contributed by atoms with E-state index in [1.165, 1.54) is 30.3 Å². The molecule has 138 valence electrons. The van der Waals surface area contributed by atoms with E-state index in [0.717, 1.165) is 19.2 Å². The van der Waals surface area contributed by atoms with Crippen molar-refractivity contribution in [3.63, 3.8) is 0 Å². The van der Waals surface area contributed by atoms with E-state index < -0.39 is 38.0 Å². The van der Waals surface area contributed by atoms with Gasteiger partial charge in [0.25, 0.3) is 15.7 Å². The number of rotatable bonds is 6. The molecule has 26 heavy (non-hydrogen) atoms. The highest BCUT2D eigenvalue weighted by molar-refractivity contribution is 9.10. The van der Waals surface area contributed by atoms with Crippen LogP contribution < -0.4 is 4.31 Å². The molecule has 2 rings (SSSR count). The number of ether oxygens (including phenoxy) is 1. The number of carbonyl (C=O) groups is 1. The minimum absolute atomic E-state index is 0.0154. The number of anilines is 1. The largest absolute Gasteiger partial charge is 0.468 e. The quantitative estimate of drug-likeness (QED) is 0.369. The molecule has 0 saturated heterocycles. The van der Waals surface area contributed by atoms with Gasteiger partial charge in [-0.05, 0) is 24.3 Å². The molecule has 0 aliphatic rings. The SMILES string of the molecule is COC(=O)CN(c1ccc(Br)cc1Cl)S(=O)(=O)c1ccccc1[N+](=O)[O-]. The lowest BCUT2D eigenvalue weighted by atomic mass is 10.3. The highest BCUT2D eigenvalue weighted by Crippen LogP contribution is 2.35. The van der Waals surface area contributed by atoms with Crippen molar-refractivity contribution in [3.05, 3.63) is 62.1 Å². The van der Waals surface area contributed by atoms with Gasteiger partial charge in [-0.15, -0.1) is 0 Å². The van der Waals surface area contributed by atoms with Crippen LogP contribution in [-0.4, -0.2) is 33.0 Å². The molecule has 0 bridgehead atoms. The van der Waals surface area contributed by atoms with Crippen LogP contribution in [0.4, 0.5) is 11.4 Å². The molecule has 0 atom stereocenters. The van der Waals surface area contributed by atoms with Gasteiger partial charge in [0, 0.05) is 10.5 Å². The second-order valence-corrected chi connectivity index (χ2v) is 8.06. The van der Waals surface area contributed by atoms with Crippen LogP contribution >= 0.6 is 27.5 Å². The number of halogens is 2. The number of nitro benzene ring substituents is 1. The summed E-state index contributed by atoms with van der Waals surface area (Å²) in [6, 6.07) is 9.18. The highest BCUT2D eigenvalue weighted by atomic mass is 79.9. The maximum absolute atomic E-state index is 13.1. The van der Waals surface area contributed by atoms with Crippen molar-refractivity contribution in [2.24, 2.45) is 0 Å². The third-order valence-electron chi connectivity index (χ3n) is 3.31. The van der Waals surface area contributed by atoms with Crippen molar-refractivity contribution < 1.29 is 22.9 Å². The summed E-state index contributed by atoms with van der Waals surface area (Å²) >= 11 is 9.33. The van der Waals surface area contributed by atoms with Gasteiger partial charge in [-0.1, -0.05) is 39.7 Å². The summed E-state index contributed by atoms with van der Waals surface area (Å²) in [4.78, 5) is 21.6. The van der Waals surface area contributed by atoms with Gasteiger partial charge in [-0.3, -0.25) is 19.2 Å². The van der Waals surface area contributed by atoms with E-state index in [1.54, 1.807) is 0 Å². The Labute approximate surface area is 162 Å². The smallest absolute Gasteiger partial charge is 0.326 e. The molecule has 0 aliphatic heterocycles. The van der Waals surface area contributed by atoms with Crippen molar-refractivity contribution in [1.82, 2.24) is 0 Å². The highest BCUT2D eigenvalue weighted by Gasteiger charge is 2.34. The molecule has 0 spiro atoms. The number of benzene rings is 2. The molecule has 2 aromatic carbocycles. The van der Waals surface area contributed by atoms with Gasteiger partial charge in [-0.2, -0.15) is 0 Å². The first-order valence-corrected chi connectivity index (χ1v) is 9.57. The number of nitro groups is 1. The fourth-order valence-electron chi connectivity index (χ4n) is 2.11. The number of nitrogens with zero attached hydrogens (tertiary/aromatic N) is 2. The van der Waals surface area contributed by atoms with Crippen LogP contribution in [0, 0.1) is 10.1 Å². The van der Waals surface area contributed by atoms with E-state index in [-0.39, 0.29) is 10.7 Å². The van der Waals surface area contributed by atoms with E-state index in [9.17, 15) is 23.3 Å². The molecular formula is C15H12BrClN2O6S. The maximum atomic E-state index is 13.1. The minimum atomic E-state index is -4.48. The Bertz CT molecular complexity index is 966. The third-order valence-corrected chi connectivity index (χ3v) is 5.91. The number of esters is 1. The monoisotopic (exact) mass is 462 g/mol. The van der Waals surface area contributed by atoms with Crippen LogP contribution in [0.15, 0.2) is 51.8 Å². The molecule has 0 heterocycles. The van der Waals surface area contributed by atoms with Crippen LogP contribution in [0.3, 0.4) is 0 Å². The fraction of sp³-hybridized carbons (Fsp3) is 0.133. The summed E-state index contributed by atoms with van der Waals surface area (Å²) in [5.74, 6) is -0.855. The lowest BCUT2D eigenvalue weighted by Gasteiger charge is -2.24. The van der Waals surface area contributed by atoms with Gasteiger partial charge in [0.05, 0.1) is 22.7 Å². The van der Waals surface area contributed by atoms with Gasteiger partial charge in [0.2, 0.25) is 0 Å². The number of hydrogen-bond acceptors (Lipinski definition) is 6. The number of para-hydroxylation sites is 1. The van der Waals surface area contributed by atoms with Crippen LogP contribution in [0.1, 0.15) is 0 Å². The van der Waals surface area contributed by atoms with E-state index in [0.29, 0.717) is 8.78 Å². The van der Waals surface area contributed by atoms with E-state index in [1.807, 2.05) is 0 Å². The molecule has 0 unspecified atom stereocenters. The Morgan fingerprint density at radius 2 is 1.96 bits per heavy atom. The summed E-state index contributed by atoms with van der Waals surface area (Å²) in [5, 5.41) is 11.2. The van der Waals surface area contributed by atoms with Crippen molar-refractivity contribution >= 4 is 54.9 Å². The lowest BCUT2D eigenvalue weighted by Crippen LogP contribution is -2.36. The summed E-state index contributed by atoms with van der Waals surface area (Å²) in [7, 11) is -3.38. The van der Waals surface area contributed by atoms with Gasteiger partial charge >= 0.3 is 5.97 Å². The molecule has 0 fully saturated rings. The standard InChI is InChI=1S/C15H12BrClN2O6S/c1-25-15(20)9-18(12-7-6-10(16)8-11(12)17)26(23,24)14-5-3-2-4-13(14)19(21)22/h2-8H,9H2,1H3. The zero-order chi connectivity index (χ0) is 19.5. The zero-order valence-electron chi connectivity index (χ0n) is 13.3. The summed E-state index contributed by atoms with van der Waals surface area (Å²) in [6.45, 7) is -0.702. The molecule has 2 aromatic rings. The van der Waals surface area contributed by atoms with Crippen molar-refractivity contribution in [2.75, 3.05) is 18.0 Å². The molecule has 0 aromatic heterocycles. The normalized spacial score (nSPS) is 11.0. The van der Waals surface area contributed by atoms with Crippen LogP contribution in [-0.2, 0) is 19.6 Å². The Kier molecular flexibility index (Phi) is 6.21. The second kappa shape index (κ2) is 8.02. The van der Waals surface area contributed by atoms with E-state index >= 15 is 0 Å². The van der Waals surface area contributed by atoms with Crippen molar-refractivity contribution in [1.29, 1.82) is 0 Å². The van der Waals surface area contributed by atoms with Crippen molar-refractivity contribution in [2.45, 2.75) is 4.90 Å². The number of sulfonamides is 1. The minimum Gasteiger partial charge on any atom is -0.468 e. The van der Waals surface area contributed by atoms with Crippen LogP contribution in [0.25, 0.3) is 0 Å². The molecule has 0 radical (unpaired) electrons. The molecule has 0 N–H and O–H groups in total. The first kappa shape index (κ1) is 20.1. The number of carbonyl (C=O) groups excluding carboxylic acids is 1. The van der Waals surface area contributed by atoms with E-state index in [4.69, 9.17) is 11.6 Å². The molecule has 0 amide bonds. The summed E-state index contributed by atoms with van der Waals surface area (Å²) in [6.07, 6.45) is 0. The van der Waals surface area contributed by atoms with Crippen molar-refractivity contribution in [3.8, 4) is 0 Å². The Morgan fingerprint density at radius 3 is 2.54 bits per heavy atom. The third kappa shape index (κ3) is 4.14. The molecule has 0 aliphatic carbocycles. The van der Waals surface area contributed by atoms with Gasteiger partial charge in [0.15, 0.2) is 4.90 Å². The Hall–Kier alpha value is -2.17. The predicted molar refractivity (Wildman–Crippen MR) is 98.8 cm³/mol. The second-order valence-electron chi connectivity index (χ2n) is 4.91. The van der Waals surface area contributed by atoms with Gasteiger partial charge < -0.3 is 4.74 Å². The maximum Gasteiger partial charge on any atom is 0.326 e. The fourth-order valence-corrected chi connectivity index (χ4v) is 4.52. The average molecular weight is 464 g/mol. The summed E-state index contributed by atoms with van der Waals surface area (Å²) < 4.78 is 32.0. The number of hydrogen-bond donors (Lipinski definition) is 0. The van der Waals surface area contributed by atoms with Gasteiger partial charge in [0.1, 0.15) is 6.54 Å². The number of methoxy groups -OCH3 is 1. The average Bonchev–Trinajstić information content (AvgIpc) is 2.59. The topological polar surface area (TPSA) is 107 Å². The molecule has 0 saturated carbocycles. The lowest BCUT2D eigenvalue weighted by molar-refractivity contribution is -0.387. The first-order chi connectivity index (χ1) is 12.2. The Morgan fingerprint density at radius 1 is 1.31 bits per heavy atom. The van der Waals surface area contributed by atoms with Crippen LogP contribution in [0.2, 0.25) is 5.02 Å². The zero-order valence-corrected chi connectivity index (χ0v) is 16.4. The Balaban J connectivity index is 2.68. The molecule has 11 heteroatoms.